The number of aromatic nitrogens is 1. The molecular weight excluding hydrogens is 331 g/mol. The third kappa shape index (κ3) is 3.07. The summed E-state index contributed by atoms with van der Waals surface area (Å²) >= 11 is 0. The molecular formula is C21H15FN2O2. The van der Waals surface area contributed by atoms with Crippen LogP contribution in [-0.2, 0) is 11.2 Å². The van der Waals surface area contributed by atoms with Crippen molar-refractivity contribution in [1.29, 1.82) is 0 Å². The van der Waals surface area contributed by atoms with Crippen LogP contribution in [0.5, 0.6) is 0 Å². The minimum atomic E-state index is -0.363. The SMILES string of the molecule is O=C1Cc2ccc(C(=O)Nc3ccc(F)cc3)cc2/C1=C/c1ccc[nH]1. The van der Waals surface area contributed by atoms with Gasteiger partial charge in [-0.25, -0.2) is 4.39 Å². The largest absolute Gasteiger partial charge is 0.362 e. The quantitative estimate of drug-likeness (QED) is 0.702. The summed E-state index contributed by atoms with van der Waals surface area (Å²) in [6.07, 6.45) is 3.93. The molecule has 1 heterocycles. The fraction of sp³-hybridized carbons (Fsp3) is 0.0476. The van der Waals surface area contributed by atoms with Crippen LogP contribution in [0.25, 0.3) is 11.6 Å². The van der Waals surface area contributed by atoms with Gasteiger partial charge >= 0.3 is 0 Å². The van der Waals surface area contributed by atoms with Crippen molar-refractivity contribution in [3.8, 4) is 0 Å². The van der Waals surface area contributed by atoms with Gasteiger partial charge in [0.1, 0.15) is 5.82 Å². The first-order valence-corrected chi connectivity index (χ1v) is 8.19. The molecule has 128 valence electrons. The van der Waals surface area contributed by atoms with E-state index in [0.717, 1.165) is 16.8 Å². The van der Waals surface area contributed by atoms with Gasteiger partial charge in [-0.15, -0.1) is 0 Å². The van der Waals surface area contributed by atoms with Gasteiger partial charge in [-0.3, -0.25) is 9.59 Å². The summed E-state index contributed by atoms with van der Waals surface area (Å²) in [6, 6.07) is 14.5. The fourth-order valence-electron chi connectivity index (χ4n) is 3.03. The molecule has 0 bridgehead atoms. The van der Waals surface area contributed by atoms with Crippen molar-refractivity contribution in [3.63, 3.8) is 0 Å². The van der Waals surface area contributed by atoms with Crippen LogP contribution in [0.4, 0.5) is 10.1 Å². The number of rotatable bonds is 3. The molecule has 1 aromatic heterocycles. The molecule has 3 aromatic rings. The zero-order chi connectivity index (χ0) is 18.1. The Labute approximate surface area is 149 Å². The Hall–Kier alpha value is -3.47. The van der Waals surface area contributed by atoms with Crippen LogP contribution in [0, 0.1) is 5.82 Å². The predicted molar refractivity (Wildman–Crippen MR) is 98.2 cm³/mol. The number of benzene rings is 2. The number of anilines is 1. The number of carbonyl (C=O) groups excluding carboxylic acids is 2. The number of aromatic amines is 1. The molecule has 0 saturated heterocycles. The topological polar surface area (TPSA) is 62.0 Å². The Kier molecular flexibility index (Phi) is 3.97. The van der Waals surface area contributed by atoms with Gasteiger partial charge in [-0.2, -0.15) is 0 Å². The lowest BCUT2D eigenvalue weighted by atomic mass is 10.0. The van der Waals surface area contributed by atoms with E-state index in [4.69, 9.17) is 0 Å². The Bertz CT molecular complexity index is 1020. The molecule has 0 spiro atoms. The van der Waals surface area contributed by atoms with Gasteiger partial charge in [0, 0.05) is 35.1 Å². The highest BCUT2D eigenvalue weighted by atomic mass is 19.1. The average molecular weight is 346 g/mol. The van der Waals surface area contributed by atoms with Crippen LogP contribution < -0.4 is 5.32 Å². The van der Waals surface area contributed by atoms with E-state index >= 15 is 0 Å². The molecule has 0 fully saturated rings. The summed E-state index contributed by atoms with van der Waals surface area (Å²) in [5.41, 5.74) is 4.07. The van der Waals surface area contributed by atoms with E-state index in [2.05, 4.69) is 10.3 Å². The van der Waals surface area contributed by atoms with E-state index in [1.54, 1.807) is 24.4 Å². The number of hydrogen-bond donors (Lipinski definition) is 2. The van der Waals surface area contributed by atoms with Crippen molar-refractivity contribution < 1.29 is 14.0 Å². The molecule has 2 N–H and O–H groups in total. The molecule has 4 rings (SSSR count). The Balaban J connectivity index is 1.64. The van der Waals surface area contributed by atoms with E-state index in [0.29, 0.717) is 23.2 Å². The second kappa shape index (κ2) is 6.44. The van der Waals surface area contributed by atoms with Crippen molar-refractivity contribution in [2.45, 2.75) is 6.42 Å². The van der Waals surface area contributed by atoms with E-state index in [-0.39, 0.29) is 17.5 Å². The van der Waals surface area contributed by atoms with Crippen molar-refractivity contribution >= 4 is 29.0 Å². The van der Waals surface area contributed by atoms with Gasteiger partial charge in [-0.1, -0.05) is 6.07 Å². The number of carbonyl (C=O) groups is 2. The maximum Gasteiger partial charge on any atom is 0.255 e. The van der Waals surface area contributed by atoms with Crippen LogP contribution in [0.2, 0.25) is 0 Å². The number of ketones is 1. The number of hydrogen-bond acceptors (Lipinski definition) is 2. The first kappa shape index (κ1) is 16.0. The summed E-state index contributed by atoms with van der Waals surface area (Å²) in [5, 5.41) is 2.73. The molecule has 0 unspecified atom stereocenters. The number of fused-ring (bicyclic) bond motifs is 1. The van der Waals surface area contributed by atoms with Crippen molar-refractivity contribution in [2.24, 2.45) is 0 Å². The van der Waals surface area contributed by atoms with Crippen LogP contribution in [0.1, 0.15) is 27.2 Å². The Morgan fingerprint density at radius 2 is 1.92 bits per heavy atom. The molecule has 0 aliphatic heterocycles. The zero-order valence-corrected chi connectivity index (χ0v) is 13.8. The Morgan fingerprint density at radius 3 is 2.65 bits per heavy atom. The van der Waals surface area contributed by atoms with Crippen LogP contribution in [0.15, 0.2) is 60.8 Å². The normalized spacial score (nSPS) is 14.5. The first-order valence-electron chi connectivity index (χ1n) is 8.19. The summed E-state index contributed by atoms with van der Waals surface area (Å²) in [6.45, 7) is 0. The van der Waals surface area contributed by atoms with Crippen molar-refractivity contribution in [2.75, 3.05) is 5.32 Å². The minimum absolute atomic E-state index is 0.0330. The van der Waals surface area contributed by atoms with Gasteiger partial charge in [0.05, 0.1) is 0 Å². The Morgan fingerprint density at radius 1 is 1.12 bits per heavy atom. The summed E-state index contributed by atoms with van der Waals surface area (Å²) < 4.78 is 13.0. The molecule has 1 amide bonds. The molecule has 1 aliphatic carbocycles. The third-order valence-corrected chi connectivity index (χ3v) is 4.34. The van der Waals surface area contributed by atoms with Gasteiger partial charge < -0.3 is 10.3 Å². The molecule has 0 atom stereocenters. The highest BCUT2D eigenvalue weighted by molar-refractivity contribution is 6.29. The van der Waals surface area contributed by atoms with E-state index in [1.807, 2.05) is 18.2 Å². The molecule has 26 heavy (non-hydrogen) atoms. The molecule has 2 aromatic carbocycles. The van der Waals surface area contributed by atoms with E-state index in [1.165, 1.54) is 24.3 Å². The number of amides is 1. The van der Waals surface area contributed by atoms with E-state index in [9.17, 15) is 14.0 Å². The van der Waals surface area contributed by atoms with Crippen LogP contribution in [-0.4, -0.2) is 16.7 Å². The molecule has 4 nitrogen and oxygen atoms in total. The standard InChI is InChI=1S/C21H15FN2O2/c22-15-5-7-16(8-6-15)24-21(26)14-4-3-13-11-20(25)19(18(13)10-14)12-17-2-1-9-23-17/h1-10,12,23H,11H2,(H,24,26)/b19-12-. The number of H-pyrrole nitrogens is 1. The molecule has 0 radical (unpaired) electrons. The van der Waals surface area contributed by atoms with Gasteiger partial charge in [0.15, 0.2) is 5.78 Å². The smallest absolute Gasteiger partial charge is 0.255 e. The third-order valence-electron chi connectivity index (χ3n) is 4.34. The molecule has 1 aliphatic rings. The number of halogens is 1. The van der Waals surface area contributed by atoms with E-state index < -0.39 is 0 Å². The van der Waals surface area contributed by atoms with Gasteiger partial charge in [0.25, 0.3) is 5.91 Å². The lowest BCUT2D eigenvalue weighted by Gasteiger charge is -2.07. The average Bonchev–Trinajstić information content (AvgIpc) is 3.25. The number of Topliss-reactive ketones (excluding diaryl/α,β-unsaturated/α-hetero) is 1. The number of allylic oxidation sites excluding steroid dienone is 1. The number of nitrogens with one attached hydrogen (secondary N) is 2. The summed E-state index contributed by atoms with van der Waals surface area (Å²) in [5.74, 6) is -0.637. The maximum absolute atomic E-state index is 13.0. The molecule has 0 saturated carbocycles. The highest BCUT2D eigenvalue weighted by Gasteiger charge is 2.25. The lowest BCUT2D eigenvalue weighted by Crippen LogP contribution is -2.12. The summed E-state index contributed by atoms with van der Waals surface area (Å²) in [7, 11) is 0. The monoisotopic (exact) mass is 346 g/mol. The summed E-state index contributed by atoms with van der Waals surface area (Å²) in [4.78, 5) is 27.9. The molecule has 5 heteroatoms. The second-order valence-corrected chi connectivity index (χ2v) is 6.12. The minimum Gasteiger partial charge on any atom is -0.362 e. The van der Waals surface area contributed by atoms with Crippen molar-refractivity contribution in [1.82, 2.24) is 4.98 Å². The zero-order valence-electron chi connectivity index (χ0n) is 13.8. The van der Waals surface area contributed by atoms with Crippen molar-refractivity contribution in [3.05, 3.63) is 89.0 Å². The predicted octanol–water partition coefficient (Wildman–Crippen LogP) is 4.07. The van der Waals surface area contributed by atoms with Crippen LogP contribution in [0.3, 0.4) is 0 Å². The fourth-order valence-corrected chi connectivity index (χ4v) is 3.03. The van der Waals surface area contributed by atoms with Gasteiger partial charge in [-0.05, 0) is 65.7 Å². The maximum atomic E-state index is 13.0. The second-order valence-electron chi connectivity index (χ2n) is 6.12. The van der Waals surface area contributed by atoms with Gasteiger partial charge in [0.2, 0.25) is 0 Å². The first-order chi connectivity index (χ1) is 12.6. The lowest BCUT2D eigenvalue weighted by molar-refractivity contribution is -0.112. The highest BCUT2D eigenvalue weighted by Crippen LogP contribution is 2.32. The van der Waals surface area contributed by atoms with Crippen LogP contribution >= 0.6 is 0 Å².